The average Bonchev–Trinajstić information content (AvgIpc) is 3.02. The van der Waals surface area contributed by atoms with Gasteiger partial charge in [0.2, 0.25) is 0 Å². The summed E-state index contributed by atoms with van der Waals surface area (Å²) < 4.78 is 0. The number of nitrogens with zero attached hydrogens (tertiary/aromatic N) is 3. The van der Waals surface area contributed by atoms with Gasteiger partial charge in [-0.25, -0.2) is 4.98 Å². The predicted molar refractivity (Wildman–Crippen MR) is 99.8 cm³/mol. The molecule has 0 aliphatic rings. The third-order valence-electron chi connectivity index (χ3n) is 4.24. The van der Waals surface area contributed by atoms with Crippen LogP contribution in [0.25, 0.3) is 11.3 Å². The summed E-state index contributed by atoms with van der Waals surface area (Å²) in [7, 11) is 0. The zero-order valence-corrected chi connectivity index (χ0v) is 15.4. The molecule has 128 valence electrons. The highest BCUT2D eigenvalue weighted by Crippen LogP contribution is 2.23. The molecule has 5 nitrogen and oxygen atoms in total. The van der Waals surface area contributed by atoms with Crippen LogP contribution in [0.5, 0.6) is 0 Å². The number of hydrogen-bond acceptors (Lipinski definition) is 5. The van der Waals surface area contributed by atoms with Gasteiger partial charge in [-0.3, -0.25) is 4.79 Å². The Labute approximate surface area is 151 Å². The van der Waals surface area contributed by atoms with Crippen molar-refractivity contribution in [1.82, 2.24) is 20.5 Å². The number of amides is 1. The second-order valence-corrected chi connectivity index (χ2v) is 6.89. The van der Waals surface area contributed by atoms with E-state index in [1.165, 1.54) is 4.88 Å². The molecule has 0 spiro atoms. The molecule has 25 heavy (non-hydrogen) atoms. The maximum Gasteiger partial charge on any atom is 0.251 e. The van der Waals surface area contributed by atoms with Gasteiger partial charge in [0.05, 0.1) is 23.1 Å². The monoisotopic (exact) mass is 352 g/mol. The lowest BCUT2D eigenvalue weighted by molar-refractivity contribution is 0.0954. The van der Waals surface area contributed by atoms with Crippen molar-refractivity contribution in [3.05, 3.63) is 63.2 Å². The molecular weight excluding hydrogens is 332 g/mol. The highest BCUT2D eigenvalue weighted by Gasteiger charge is 2.11. The smallest absolute Gasteiger partial charge is 0.251 e. The van der Waals surface area contributed by atoms with Gasteiger partial charge >= 0.3 is 0 Å². The minimum absolute atomic E-state index is 0.0812. The second-order valence-electron chi connectivity index (χ2n) is 5.95. The Kier molecular flexibility index (Phi) is 5.19. The van der Waals surface area contributed by atoms with E-state index in [0.29, 0.717) is 12.1 Å². The Morgan fingerprint density at radius 3 is 2.84 bits per heavy atom. The van der Waals surface area contributed by atoms with Crippen LogP contribution in [-0.4, -0.2) is 27.6 Å². The van der Waals surface area contributed by atoms with Gasteiger partial charge < -0.3 is 5.32 Å². The lowest BCUT2D eigenvalue weighted by atomic mass is 10.0. The van der Waals surface area contributed by atoms with Crippen molar-refractivity contribution in [2.45, 2.75) is 27.2 Å². The van der Waals surface area contributed by atoms with Crippen molar-refractivity contribution in [1.29, 1.82) is 0 Å². The van der Waals surface area contributed by atoms with Crippen LogP contribution in [-0.2, 0) is 6.42 Å². The Bertz CT molecular complexity index is 904. The normalized spacial score (nSPS) is 10.7. The number of aromatic nitrogens is 3. The van der Waals surface area contributed by atoms with Gasteiger partial charge in [0.1, 0.15) is 0 Å². The zero-order valence-electron chi connectivity index (χ0n) is 14.5. The summed E-state index contributed by atoms with van der Waals surface area (Å²) in [5, 5.41) is 11.2. The Morgan fingerprint density at radius 2 is 2.08 bits per heavy atom. The maximum atomic E-state index is 12.4. The van der Waals surface area contributed by atoms with Crippen LogP contribution in [0.3, 0.4) is 0 Å². The molecule has 0 fully saturated rings. The van der Waals surface area contributed by atoms with Crippen molar-refractivity contribution in [2.75, 3.05) is 6.54 Å². The molecule has 6 heteroatoms. The van der Waals surface area contributed by atoms with Crippen LogP contribution in [0.15, 0.2) is 36.0 Å². The molecule has 2 aromatic heterocycles. The van der Waals surface area contributed by atoms with E-state index in [0.717, 1.165) is 34.5 Å². The van der Waals surface area contributed by atoms with E-state index >= 15 is 0 Å². The summed E-state index contributed by atoms with van der Waals surface area (Å²) in [5.74, 6) is -0.0812. The summed E-state index contributed by atoms with van der Waals surface area (Å²) in [6.45, 7) is 6.60. The number of rotatable bonds is 5. The van der Waals surface area contributed by atoms with Crippen molar-refractivity contribution in [3.63, 3.8) is 0 Å². The number of carbonyl (C=O) groups excluding carboxylic acids is 1. The summed E-state index contributed by atoms with van der Waals surface area (Å²) in [6.07, 6.45) is 2.54. The number of hydrogen-bond donors (Lipinski definition) is 1. The minimum Gasteiger partial charge on any atom is -0.352 e. The fraction of sp³-hybridized carbons (Fsp3) is 0.263. The van der Waals surface area contributed by atoms with E-state index in [4.69, 9.17) is 0 Å². The van der Waals surface area contributed by atoms with E-state index in [9.17, 15) is 4.79 Å². The SMILES string of the molecule is Cc1cnnc(-c2cccc(C(=O)NCCc3scnc3C)c2)c1C. The Hall–Kier alpha value is -2.60. The van der Waals surface area contributed by atoms with Gasteiger partial charge in [-0.05, 0) is 44.0 Å². The van der Waals surface area contributed by atoms with E-state index in [-0.39, 0.29) is 5.91 Å². The average molecular weight is 352 g/mol. The van der Waals surface area contributed by atoms with Crippen LogP contribution in [0.2, 0.25) is 0 Å². The largest absolute Gasteiger partial charge is 0.352 e. The number of carbonyl (C=O) groups is 1. The standard InChI is InChI=1S/C19H20N4OS/c1-12-10-22-23-18(13(12)2)15-5-4-6-16(9-15)19(24)20-8-7-17-14(3)21-11-25-17/h4-6,9-11H,7-8H2,1-3H3,(H,20,24). The molecule has 0 saturated heterocycles. The third kappa shape index (κ3) is 3.91. The molecule has 0 aliphatic carbocycles. The molecule has 0 radical (unpaired) electrons. The van der Waals surface area contributed by atoms with Crippen molar-refractivity contribution in [3.8, 4) is 11.3 Å². The zero-order chi connectivity index (χ0) is 17.8. The lowest BCUT2D eigenvalue weighted by Crippen LogP contribution is -2.25. The van der Waals surface area contributed by atoms with Crippen LogP contribution in [0.1, 0.15) is 32.1 Å². The van der Waals surface area contributed by atoms with Crippen LogP contribution in [0, 0.1) is 20.8 Å². The van der Waals surface area contributed by atoms with Crippen molar-refractivity contribution >= 4 is 17.2 Å². The van der Waals surface area contributed by atoms with Gasteiger partial charge in [-0.1, -0.05) is 12.1 Å². The van der Waals surface area contributed by atoms with E-state index in [1.54, 1.807) is 17.5 Å². The molecule has 0 bridgehead atoms. The number of thiazole rings is 1. The first-order valence-corrected chi connectivity index (χ1v) is 9.00. The second kappa shape index (κ2) is 7.53. The molecule has 3 rings (SSSR count). The summed E-state index contributed by atoms with van der Waals surface area (Å²) in [4.78, 5) is 17.9. The van der Waals surface area contributed by atoms with E-state index < -0.39 is 0 Å². The number of aryl methyl sites for hydroxylation is 2. The summed E-state index contributed by atoms with van der Waals surface area (Å²) in [6, 6.07) is 7.51. The third-order valence-corrected chi connectivity index (χ3v) is 5.23. The fourth-order valence-corrected chi connectivity index (χ4v) is 3.35. The van der Waals surface area contributed by atoms with Crippen molar-refractivity contribution < 1.29 is 4.79 Å². The molecule has 1 amide bonds. The Morgan fingerprint density at radius 1 is 1.24 bits per heavy atom. The van der Waals surface area contributed by atoms with Crippen LogP contribution < -0.4 is 5.32 Å². The molecule has 2 heterocycles. The molecule has 0 aliphatic heterocycles. The first-order chi connectivity index (χ1) is 12.1. The van der Waals surface area contributed by atoms with E-state index in [1.807, 2.05) is 50.5 Å². The lowest BCUT2D eigenvalue weighted by Gasteiger charge is -2.09. The minimum atomic E-state index is -0.0812. The topological polar surface area (TPSA) is 67.8 Å². The summed E-state index contributed by atoms with van der Waals surface area (Å²) in [5.41, 5.74) is 7.37. The number of benzene rings is 1. The maximum absolute atomic E-state index is 12.4. The van der Waals surface area contributed by atoms with Crippen molar-refractivity contribution in [2.24, 2.45) is 0 Å². The Balaban J connectivity index is 1.71. The van der Waals surface area contributed by atoms with Gasteiger partial charge in [0.15, 0.2) is 0 Å². The van der Waals surface area contributed by atoms with Gasteiger partial charge in [-0.15, -0.1) is 11.3 Å². The highest BCUT2D eigenvalue weighted by atomic mass is 32.1. The van der Waals surface area contributed by atoms with Gasteiger partial charge in [-0.2, -0.15) is 10.2 Å². The number of nitrogens with one attached hydrogen (secondary N) is 1. The molecule has 3 aromatic rings. The molecule has 0 unspecified atom stereocenters. The van der Waals surface area contributed by atoms with Gasteiger partial charge in [0.25, 0.3) is 5.91 Å². The predicted octanol–water partition coefficient (Wildman–Crippen LogP) is 3.50. The first-order valence-electron chi connectivity index (χ1n) is 8.12. The molecule has 0 atom stereocenters. The van der Waals surface area contributed by atoms with E-state index in [2.05, 4.69) is 20.5 Å². The molecule has 0 saturated carbocycles. The van der Waals surface area contributed by atoms with Gasteiger partial charge in [0, 0.05) is 29.0 Å². The molecule has 1 aromatic carbocycles. The molecule has 1 N–H and O–H groups in total. The quantitative estimate of drug-likeness (QED) is 0.763. The summed E-state index contributed by atoms with van der Waals surface area (Å²) >= 11 is 1.62. The fourth-order valence-electron chi connectivity index (χ4n) is 2.57. The first kappa shape index (κ1) is 17.2. The van der Waals surface area contributed by atoms with Crippen LogP contribution >= 0.6 is 11.3 Å². The van der Waals surface area contributed by atoms with Crippen LogP contribution in [0.4, 0.5) is 0 Å². The molecular formula is C19H20N4OS. The highest BCUT2D eigenvalue weighted by molar-refractivity contribution is 7.09.